The zero-order chi connectivity index (χ0) is 12.3. The maximum atomic E-state index is 13.2. The second-order valence-corrected chi connectivity index (χ2v) is 5.14. The van der Waals surface area contributed by atoms with Crippen LogP contribution in [-0.4, -0.2) is 21.0 Å². The second kappa shape index (κ2) is 4.86. The molecule has 0 aliphatic carbocycles. The van der Waals surface area contributed by atoms with Gasteiger partial charge in [0, 0.05) is 12.6 Å². The first-order chi connectivity index (χ1) is 7.33. The summed E-state index contributed by atoms with van der Waals surface area (Å²) in [5.74, 6) is -1.82. The highest BCUT2D eigenvalue weighted by molar-refractivity contribution is 7.89. The van der Waals surface area contributed by atoms with Crippen molar-refractivity contribution in [2.24, 2.45) is 5.73 Å². The molecule has 0 aliphatic heterocycles. The van der Waals surface area contributed by atoms with Crippen LogP contribution in [0.2, 0.25) is 0 Å². The van der Waals surface area contributed by atoms with Gasteiger partial charge in [0.15, 0.2) is 0 Å². The minimum Gasteiger partial charge on any atom is -0.327 e. The molecule has 1 unspecified atom stereocenters. The summed E-state index contributed by atoms with van der Waals surface area (Å²) in [5.41, 5.74) is 5.35. The van der Waals surface area contributed by atoms with Crippen molar-refractivity contribution >= 4 is 10.0 Å². The molecule has 0 spiro atoms. The Morgan fingerprint density at radius 2 is 2.06 bits per heavy atom. The minimum atomic E-state index is -4.05. The molecule has 0 fully saturated rings. The second-order valence-electron chi connectivity index (χ2n) is 3.40. The van der Waals surface area contributed by atoms with Crippen LogP contribution >= 0.6 is 0 Å². The van der Waals surface area contributed by atoms with Crippen LogP contribution in [0.4, 0.5) is 8.78 Å². The van der Waals surface area contributed by atoms with E-state index in [1.807, 2.05) is 0 Å². The van der Waals surface area contributed by atoms with E-state index in [1.165, 1.54) is 0 Å². The highest BCUT2D eigenvalue weighted by atomic mass is 32.2. The van der Waals surface area contributed by atoms with Crippen molar-refractivity contribution in [2.75, 3.05) is 6.54 Å². The normalized spacial score (nSPS) is 13.8. The third-order valence-corrected chi connectivity index (χ3v) is 3.22. The largest absolute Gasteiger partial charge is 0.327 e. The monoisotopic (exact) mass is 250 g/mol. The van der Waals surface area contributed by atoms with Crippen LogP contribution in [0, 0.1) is 11.6 Å². The summed E-state index contributed by atoms with van der Waals surface area (Å²) in [5, 5.41) is 0. The molecule has 0 radical (unpaired) electrons. The van der Waals surface area contributed by atoms with Gasteiger partial charge in [-0.1, -0.05) is 0 Å². The summed E-state index contributed by atoms with van der Waals surface area (Å²) in [6, 6.07) is 1.82. The van der Waals surface area contributed by atoms with E-state index < -0.39 is 32.6 Å². The fourth-order valence-electron chi connectivity index (χ4n) is 1.00. The van der Waals surface area contributed by atoms with E-state index >= 15 is 0 Å². The zero-order valence-electron chi connectivity index (χ0n) is 8.57. The van der Waals surface area contributed by atoms with Crippen LogP contribution < -0.4 is 10.5 Å². The first kappa shape index (κ1) is 13.0. The molecule has 1 aromatic rings. The lowest BCUT2D eigenvalue weighted by Crippen LogP contribution is -2.35. The summed E-state index contributed by atoms with van der Waals surface area (Å²) in [4.78, 5) is -0.715. The molecular formula is C9H12F2N2O2S. The van der Waals surface area contributed by atoms with Crippen LogP contribution in [0.5, 0.6) is 0 Å². The molecule has 16 heavy (non-hydrogen) atoms. The topological polar surface area (TPSA) is 72.2 Å². The van der Waals surface area contributed by atoms with Gasteiger partial charge >= 0.3 is 0 Å². The van der Waals surface area contributed by atoms with E-state index in [9.17, 15) is 17.2 Å². The molecule has 1 atom stereocenters. The van der Waals surface area contributed by atoms with Crippen molar-refractivity contribution in [2.45, 2.75) is 17.9 Å². The van der Waals surface area contributed by atoms with Crippen LogP contribution in [0.1, 0.15) is 6.92 Å². The standard InChI is InChI=1S/C9H12F2N2O2S/c1-6(12)5-13-16(14,15)9-4-7(10)2-3-8(9)11/h2-4,6,13H,5,12H2,1H3. The van der Waals surface area contributed by atoms with Crippen molar-refractivity contribution in [1.82, 2.24) is 4.72 Å². The fourth-order valence-corrected chi connectivity index (χ4v) is 2.23. The SMILES string of the molecule is CC(N)CNS(=O)(=O)c1cc(F)ccc1F. The predicted molar refractivity (Wildman–Crippen MR) is 55.2 cm³/mol. The van der Waals surface area contributed by atoms with Crippen LogP contribution in [0.15, 0.2) is 23.1 Å². The number of sulfonamides is 1. The number of hydrogen-bond acceptors (Lipinski definition) is 3. The van der Waals surface area contributed by atoms with Gasteiger partial charge in [0.25, 0.3) is 0 Å². The third kappa shape index (κ3) is 3.22. The van der Waals surface area contributed by atoms with Crippen molar-refractivity contribution in [3.8, 4) is 0 Å². The average molecular weight is 250 g/mol. The summed E-state index contributed by atoms with van der Waals surface area (Å²) in [7, 11) is -4.05. The number of rotatable bonds is 4. The molecule has 0 bridgehead atoms. The van der Waals surface area contributed by atoms with Gasteiger partial charge in [0.1, 0.15) is 16.5 Å². The highest BCUT2D eigenvalue weighted by Crippen LogP contribution is 2.15. The number of nitrogens with two attached hydrogens (primary N) is 1. The number of halogens is 2. The van der Waals surface area contributed by atoms with E-state index in [0.717, 1.165) is 12.1 Å². The summed E-state index contributed by atoms with van der Waals surface area (Å²) in [6.07, 6.45) is 0. The maximum Gasteiger partial charge on any atom is 0.243 e. The van der Waals surface area contributed by atoms with Gasteiger partial charge in [-0.3, -0.25) is 0 Å². The smallest absolute Gasteiger partial charge is 0.243 e. The van der Waals surface area contributed by atoms with Gasteiger partial charge in [-0.05, 0) is 25.1 Å². The Hall–Kier alpha value is -1.05. The van der Waals surface area contributed by atoms with Gasteiger partial charge in [-0.15, -0.1) is 0 Å². The maximum absolute atomic E-state index is 13.2. The third-order valence-electron chi connectivity index (χ3n) is 1.78. The molecule has 0 amide bonds. The Morgan fingerprint density at radius 3 is 2.62 bits per heavy atom. The first-order valence-electron chi connectivity index (χ1n) is 4.53. The fraction of sp³-hybridized carbons (Fsp3) is 0.333. The molecule has 3 N–H and O–H groups in total. The lowest BCUT2D eigenvalue weighted by molar-refractivity contribution is 0.542. The van der Waals surface area contributed by atoms with Gasteiger partial charge in [-0.2, -0.15) is 0 Å². The van der Waals surface area contributed by atoms with Gasteiger partial charge in [-0.25, -0.2) is 21.9 Å². The van der Waals surface area contributed by atoms with E-state index in [-0.39, 0.29) is 6.54 Å². The van der Waals surface area contributed by atoms with Gasteiger partial charge in [0.2, 0.25) is 10.0 Å². The van der Waals surface area contributed by atoms with Crippen molar-refractivity contribution in [3.05, 3.63) is 29.8 Å². The molecule has 0 saturated heterocycles. The molecule has 7 heteroatoms. The summed E-state index contributed by atoms with van der Waals surface area (Å²) >= 11 is 0. The zero-order valence-corrected chi connectivity index (χ0v) is 9.39. The molecule has 0 saturated carbocycles. The highest BCUT2D eigenvalue weighted by Gasteiger charge is 2.19. The van der Waals surface area contributed by atoms with Crippen LogP contribution in [-0.2, 0) is 10.0 Å². The van der Waals surface area contributed by atoms with E-state index in [1.54, 1.807) is 6.92 Å². The van der Waals surface area contributed by atoms with Crippen molar-refractivity contribution in [3.63, 3.8) is 0 Å². The van der Waals surface area contributed by atoms with Gasteiger partial charge in [0.05, 0.1) is 0 Å². The summed E-state index contributed by atoms with van der Waals surface area (Å²) < 4.78 is 51.1. The Kier molecular flexibility index (Phi) is 3.95. The number of hydrogen-bond donors (Lipinski definition) is 2. The lowest BCUT2D eigenvalue weighted by atomic mass is 10.3. The Labute approximate surface area is 92.5 Å². The quantitative estimate of drug-likeness (QED) is 0.821. The van der Waals surface area contributed by atoms with E-state index in [0.29, 0.717) is 6.07 Å². The Morgan fingerprint density at radius 1 is 1.44 bits per heavy atom. The first-order valence-corrected chi connectivity index (χ1v) is 6.01. The minimum absolute atomic E-state index is 0.0434. The van der Waals surface area contributed by atoms with Crippen LogP contribution in [0.3, 0.4) is 0 Å². The van der Waals surface area contributed by atoms with E-state index in [4.69, 9.17) is 5.73 Å². The Bertz CT molecular complexity index is 474. The average Bonchev–Trinajstić information content (AvgIpc) is 2.19. The lowest BCUT2D eigenvalue weighted by Gasteiger charge is -2.09. The number of nitrogens with one attached hydrogen (secondary N) is 1. The molecule has 0 aliphatic rings. The van der Waals surface area contributed by atoms with Crippen molar-refractivity contribution in [1.29, 1.82) is 0 Å². The molecule has 4 nitrogen and oxygen atoms in total. The van der Waals surface area contributed by atoms with Crippen LogP contribution in [0.25, 0.3) is 0 Å². The summed E-state index contributed by atoms with van der Waals surface area (Å²) in [6.45, 7) is 1.54. The van der Waals surface area contributed by atoms with E-state index in [2.05, 4.69) is 4.72 Å². The molecule has 0 heterocycles. The molecule has 1 aromatic carbocycles. The Balaban J connectivity index is 3.02. The number of benzene rings is 1. The molecule has 0 aromatic heterocycles. The van der Waals surface area contributed by atoms with Crippen molar-refractivity contribution < 1.29 is 17.2 Å². The molecule has 1 rings (SSSR count). The predicted octanol–water partition coefficient (Wildman–Crippen LogP) is 0.590. The molecular weight excluding hydrogens is 238 g/mol. The molecule has 90 valence electrons. The van der Waals surface area contributed by atoms with Gasteiger partial charge < -0.3 is 5.73 Å².